The molecule has 0 aromatic heterocycles. The highest BCUT2D eigenvalue weighted by molar-refractivity contribution is 5.70. The lowest BCUT2D eigenvalue weighted by Crippen LogP contribution is -2.40. The van der Waals surface area contributed by atoms with E-state index in [1.807, 2.05) is 19.1 Å². The van der Waals surface area contributed by atoms with Gasteiger partial charge in [-0.25, -0.2) is 4.39 Å². The van der Waals surface area contributed by atoms with Crippen molar-refractivity contribution >= 4 is 11.7 Å². The summed E-state index contributed by atoms with van der Waals surface area (Å²) in [5.41, 5.74) is 1.06. The number of nitrogens with zero attached hydrogens (tertiary/aromatic N) is 1. The Hall–Kier alpha value is -1.58. The molecule has 1 fully saturated rings. The van der Waals surface area contributed by atoms with Gasteiger partial charge in [-0.3, -0.25) is 4.79 Å². The molecule has 1 aliphatic heterocycles. The van der Waals surface area contributed by atoms with Crippen LogP contribution in [0.1, 0.15) is 33.1 Å². The van der Waals surface area contributed by atoms with E-state index < -0.39 is 0 Å². The van der Waals surface area contributed by atoms with Crippen molar-refractivity contribution in [2.75, 3.05) is 24.6 Å². The van der Waals surface area contributed by atoms with Gasteiger partial charge in [0.05, 0.1) is 13.0 Å². The van der Waals surface area contributed by atoms with Crippen molar-refractivity contribution in [1.82, 2.24) is 0 Å². The first-order valence-electron chi connectivity index (χ1n) is 7.18. The monoisotopic (exact) mass is 279 g/mol. The number of carbonyl (C=O) groups excluding carboxylic acids is 1. The zero-order valence-corrected chi connectivity index (χ0v) is 12.2. The molecule has 1 aromatic rings. The first-order chi connectivity index (χ1) is 9.52. The number of benzene rings is 1. The Balaban J connectivity index is 1.91. The second kappa shape index (κ2) is 6.25. The molecule has 0 radical (unpaired) electrons. The molecule has 0 aliphatic carbocycles. The van der Waals surface area contributed by atoms with E-state index in [4.69, 9.17) is 4.74 Å². The number of rotatable bonds is 4. The highest BCUT2D eigenvalue weighted by Gasteiger charge is 2.32. The molecule has 1 heterocycles. The largest absolute Gasteiger partial charge is 0.466 e. The number of carbonyl (C=O) groups is 1. The molecule has 0 saturated carbocycles. The fourth-order valence-electron chi connectivity index (χ4n) is 2.69. The normalized spacial score (nSPS) is 17.9. The molecular formula is C16H22FNO2. The van der Waals surface area contributed by atoms with Crippen molar-refractivity contribution in [2.45, 2.75) is 33.1 Å². The van der Waals surface area contributed by atoms with Crippen LogP contribution in [0.4, 0.5) is 10.1 Å². The summed E-state index contributed by atoms with van der Waals surface area (Å²) >= 11 is 0. The van der Waals surface area contributed by atoms with Gasteiger partial charge in [0.2, 0.25) is 0 Å². The maximum Gasteiger partial charge on any atom is 0.306 e. The lowest BCUT2D eigenvalue weighted by Gasteiger charge is -2.40. The molecule has 2 rings (SSSR count). The molecule has 1 saturated heterocycles. The van der Waals surface area contributed by atoms with Crippen LogP contribution in [0.25, 0.3) is 0 Å². The molecule has 1 aromatic carbocycles. The molecule has 0 bridgehead atoms. The Morgan fingerprint density at radius 2 is 1.90 bits per heavy atom. The van der Waals surface area contributed by atoms with E-state index >= 15 is 0 Å². The third-order valence-electron chi connectivity index (χ3n) is 4.04. The summed E-state index contributed by atoms with van der Waals surface area (Å²) in [6.45, 7) is 6.20. The third-order valence-corrected chi connectivity index (χ3v) is 4.04. The van der Waals surface area contributed by atoms with Gasteiger partial charge >= 0.3 is 5.97 Å². The van der Waals surface area contributed by atoms with Crippen LogP contribution in [0.3, 0.4) is 0 Å². The van der Waals surface area contributed by atoms with Crippen molar-refractivity contribution in [3.05, 3.63) is 30.1 Å². The minimum absolute atomic E-state index is 0.0167. The quantitative estimate of drug-likeness (QED) is 0.791. The van der Waals surface area contributed by atoms with Crippen LogP contribution in [-0.4, -0.2) is 25.7 Å². The first-order valence-corrected chi connectivity index (χ1v) is 7.18. The van der Waals surface area contributed by atoms with Gasteiger partial charge in [0.1, 0.15) is 5.82 Å². The number of anilines is 1. The summed E-state index contributed by atoms with van der Waals surface area (Å²) in [7, 11) is 0. The van der Waals surface area contributed by atoms with Crippen molar-refractivity contribution < 1.29 is 13.9 Å². The Labute approximate surface area is 119 Å². The molecule has 4 heteroatoms. The average molecular weight is 279 g/mol. The van der Waals surface area contributed by atoms with Gasteiger partial charge in [-0.1, -0.05) is 6.92 Å². The fourth-order valence-corrected chi connectivity index (χ4v) is 2.69. The number of piperidine rings is 1. The van der Waals surface area contributed by atoms with Gasteiger partial charge in [-0.15, -0.1) is 0 Å². The standard InChI is InChI=1S/C16H22FNO2/c1-3-20-15(19)12-16(2)8-10-18(11-9-16)14-6-4-13(17)5-7-14/h4-7H,3,8-12H2,1-2H3. The van der Waals surface area contributed by atoms with Crippen LogP contribution < -0.4 is 4.90 Å². The molecule has 3 nitrogen and oxygen atoms in total. The van der Waals surface area contributed by atoms with Gasteiger partial charge in [0.15, 0.2) is 0 Å². The number of halogens is 1. The fraction of sp³-hybridized carbons (Fsp3) is 0.562. The van der Waals surface area contributed by atoms with E-state index in [2.05, 4.69) is 11.8 Å². The average Bonchev–Trinajstić information content (AvgIpc) is 2.40. The Bertz CT molecular complexity index is 450. The van der Waals surface area contributed by atoms with Crippen molar-refractivity contribution in [3.63, 3.8) is 0 Å². The Morgan fingerprint density at radius 1 is 1.30 bits per heavy atom. The Kier molecular flexibility index (Phi) is 4.63. The van der Waals surface area contributed by atoms with E-state index in [1.165, 1.54) is 12.1 Å². The molecular weight excluding hydrogens is 257 g/mol. The number of hydrogen-bond donors (Lipinski definition) is 0. The van der Waals surface area contributed by atoms with E-state index in [0.717, 1.165) is 31.6 Å². The second-order valence-corrected chi connectivity index (χ2v) is 5.76. The van der Waals surface area contributed by atoms with E-state index in [9.17, 15) is 9.18 Å². The van der Waals surface area contributed by atoms with Gasteiger partial charge in [-0.05, 0) is 49.4 Å². The maximum atomic E-state index is 12.9. The van der Waals surface area contributed by atoms with Crippen LogP contribution in [0.15, 0.2) is 24.3 Å². The zero-order valence-electron chi connectivity index (χ0n) is 12.2. The predicted octanol–water partition coefficient (Wildman–Crippen LogP) is 3.39. The summed E-state index contributed by atoms with van der Waals surface area (Å²) in [4.78, 5) is 13.9. The minimum Gasteiger partial charge on any atom is -0.466 e. The van der Waals surface area contributed by atoms with Crippen LogP contribution in [0, 0.1) is 11.2 Å². The molecule has 0 amide bonds. The number of hydrogen-bond acceptors (Lipinski definition) is 3. The molecule has 0 spiro atoms. The van der Waals surface area contributed by atoms with Crippen molar-refractivity contribution in [2.24, 2.45) is 5.41 Å². The number of ether oxygens (including phenoxy) is 1. The predicted molar refractivity (Wildman–Crippen MR) is 77.2 cm³/mol. The Morgan fingerprint density at radius 3 is 2.45 bits per heavy atom. The summed E-state index contributed by atoms with van der Waals surface area (Å²) in [6, 6.07) is 6.59. The van der Waals surface area contributed by atoms with Crippen LogP contribution in [-0.2, 0) is 9.53 Å². The lowest BCUT2D eigenvalue weighted by atomic mass is 9.77. The van der Waals surface area contributed by atoms with Crippen LogP contribution in [0.2, 0.25) is 0 Å². The zero-order chi connectivity index (χ0) is 14.6. The van der Waals surface area contributed by atoms with Gasteiger partial charge in [0.25, 0.3) is 0 Å². The third kappa shape index (κ3) is 3.71. The van der Waals surface area contributed by atoms with Gasteiger partial charge in [-0.2, -0.15) is 0 Å². The molecule has 0 unspecified atom stereocenters. The second-order valence-electron chi connectivity index (χ2n) is 5.76. The summed E-state index contributed by atoms with van der Waals surface area (Å²) in [5, 5.41) is 0. The summed E-state index contributed by atoms with van der Waals surface area (Å²) in [6.07, 6.45) is 2.38. The van der Waals surface area contributed by atoms with E-state index in [1.54, 1.807) is 0 Å². The van der Waals surface area contributed by atoms with Gasteiger partial charge < -0.3 is 9.64 Å². The van der Waals surface area contributed by atoms with E-state index in [0.29, 0.717) is 13.0 Å². The highest BCUT2D eigenvalue weighted by atomic mass is 19.1. The van der Waals surface area contributed by atoms with E-state index in [-0.39, 0.29) is 17.2 Å². The number of esters is 1. The molecule has 0 atom stereocenters. The van der Waals surface area contributed by atoms with Crippen molar-refractivity contribution in [3.8, 4) is 0 Å². The SMILES string of the molecule is CCOC(=O)CC1(C)CCN(c2ccc(F)cc2)CC1. The van der Waals surface area contributed by atoms with Gasteiger partial charge in [0, 0.05) is 18.8 Å². The summed E-state index contributed by atoms with van der Waals surface area (Å²) in [5.74, 6) is -0.317. The summed E-state index contributed by atoms with van der Waals surface area (Å²) < 4.78 is 18.0. The smallest absolute Gasteiger partial charge is 0.306 e. The van der Waals surface area contributed by atoms with Crippen LogP contribution >= 0.6 is 0 Å². The minimum atomic E-state index is -0.210. The first kappa shape index (κ1) is 14.8. The topological polar surface area (TPSA) is 29.5 Å². The lowest BCUT2D eigenvalue weighted by molar-refractivity contribution is -0.146. The van der Waals surface area contributed by atoms with Crippen molar-refractivity contribution in [1.29, 1.82) is 0 Å². The molecule has 0 N–H and O–H groups in total. The molecule has 20 heavy (non-hydrogen) atoms. The molecule has 1 aliphatic rings. The van der Waals surface area contributed by atoms with Crippen LogP contribution in [0.5, 0.6) is 0 Å². The highest BCUT2D eigenvalue weighted by Crippen LogP contribution is 2.36. The molecule has 110 valence electrons. The maximum absolute atomic E-state index is 12.9.